The lowest BCUT2D eigenvalue weighted by molar-refractivity contribution is 0.0698. The van der Waals surface area contributed by atoms with E-state index in [9.17, 15) is 13.2 Å². The molecule has 0 spiro atoms. The third-order valence-electron chi connectivity index (χ3n) is 3.83. The number of hydrogen-bond acceptors (Lipinski definition) is 3. The van der Waals surface area contributed by atoms with E-state index in [-0.39, 0.29) is 11.3 Å². The van der Waals surface area contributed by atoms with Gasteiger partial charge in [-0.2, -0.15) is 0 Å². The standard InChI is InChI=1S/C14H19NO4S/c1-15(13-10-6-5-9-12(13)14(16)17)20(18,19)11-7-3-2-4-8-11/h5-6,9-11H,2-4,7-8H2,1H3,(H,16,17). The van der Waals surface area contributed by atoms with Gasteiger partial charge in [-0.05, 0) is 25.0 Å². The summed E-state index contributed by atoms with van der Waals surface area (Å²) >= 11 is 0. The van der Waals surface area contributed by atoms with Crippen molar-refractivity contribution in [2.75, 3.05) is 11.4 Å². The van der Waals surface area contributed by atoms with Crippen LogP contribution in [0.15, 0.2) is 24.3 Å². The molecule has 110 valence electrons. The highest BCUT2D eigenvalue weighted by molar-refractivity contribution is 7.93. The molecule has 1 saturated carbocycles. The van der Waals surface area contributed by atoms with E-state index in [4.69, 9.17) is 5.11 Å². The zero-order chi connectivity index (χ0) is 14.8. The van der Waals surface area contributed by atoms with Gasteiger partial charge in [0.05, 0.1) is 16.5 Å². The van der Waals surface area contributed by atoms with Crippen LogP contribution < -0.4 is 4.31 Å². The van der Waals surface area contributed by atoms with Crippen LogP contribution in [0, 0.1) is 0 Å². The predicted octanol–water partition coefficient (Wildman–Crippen LogP) is 2.48. The van der Waals surface area contributed by atoms with E-state index in [2.05, 4.69) is 0 Å². The number of hydrogen-bond donors (Lipinski definition) is 1. The van der Waals surface area contributed by atoms with Crippen molar-refractivity contribution in [3.63, 3.8) is 0 Å². The van der Waals surface area contributed by atoms with Gasteiger partial charge in [0.1, 0.15) is 0 Å². The monoisotopic (exact) mass is 297 g/mol. The fourth-order valence-electron chi connectivity index (χ4n) is 2.65. The minimum atomic E-state index is -3.50. The van der Waals surface area contributed by atoms with Gasteiger partial charge in [0.25, 0.3) is 0 Å². The molecule has 1 aromatic rings. The Morgan fingerprint density at radius 1 is 1.20 bits per heavy atom. The lowest BCUT2D eigenvalue weighted by Gasteiger charge is -2.29. The van der Waals surface area contributed by atoms with Crippen molar-refractivity contribution in [3.05, 3.63) is 29.8 Å². The molecule has 0 amide bonds. The number of carboxylic acid groups (broad SMARTS) is 1. The van der Waals surface area contributed by atoms with Crippen molar-refractivity contribution in [1.29, 1.82) is 0 Å². The lowest BCUT2D eigenvalue weighted by atomic mass is 10.0. The third kappa shape index (κ3) is 2.80. The van der Waals surface area contributed by atoms with Crippen LogP contribution in [0.1, 0.15) is 42.5 Å². The molecule has 1 N–H and O–H groups in total. The quantitative estimate of drug-likeness (QED) is 0.926. The summed E-state index contributed by atoms with van der Waals surface area (Å²) in [5.41, 5.74) is 0.236. The molecule has 1 aliphatic rings. The largest absolute Gasteiger partial charge is 0.478 e. The van der Waals surface area contributed by atoms with Crippen molar-refractivity contribution >= 4 is 21.7 Å². The zero-order valence-electron chi connectivity index (χ0n) is 11.4. The van der Waals surface area contributed by atoms with Gasteiger partial charge in [-0.25, -0.2) is 13.2 Å². The third-order valence-corrected chi connectivity index (χ3v) is 6.10. The first-order chi connectivity index (χ1) is 9.44. The fourth-order valence-corrected chi connectivity index (χ4v) is 4.46. The summed E-state index contributed by atoms with van der Waals surface area (Å²) in [6, 6.07) is 6.19. The highest BCUT2D eigenvalue weighted by atomic mass is 32.2. The van der Waals surface area contributed by atoms with E-state index in [1.807, 2.05) is 0 Å². The second-order valence-corrected chi connectivity index (χ2v) is 7.34. The van der Waals surface area contributed by atoms with Crippen LogP contribution in [0.5, 0.6) is 0 Å². The maximum absolute atomic E-state index is 12.6. The van der Waals surface area contributed by atoms with Crippen LogP contribution >= 0.6 is 0 Å². The molecule has 1 aliphatic carbocycles. The first-order valence-electron chi connectivity index (χ1n) is 6.74. The molecule has 0 unspecified atom stereocenters. The molecule has 20 heavy (non-hydrogen) atoms. The molecule has 0 radical (unpaired) electrons. The molecule has 2 rings (SSSR count). The molecule has 0 aromatic heterocycles. The minimum Gasteiger partial charge on any atom is -0.478 e. The first-order valence-corrected chi connectivity index (χ1v) is 8.25. The molecule has 0 bridgehead atoms. The number of carboxylic acids is 1. The van der Waals surface area contributed by atoms with Crippen LogP contribution in [0.3, 0.4) is 0 Å². The molecular weight excluding hydrogens is 278 g/mol. The second-order valence-electron chi connectivity index (χ2n) is 5.09. The lowest BCUT2D eigenvalue weighted by Crippen LogP contribution is -2.38. The molecule has 0 atom stereocenters. The smallest absolute Gasteiger partial charge is 0.337 e. The van der Waals surface area contributed by atoms with E-state index in [1.54, 1.807) is 12.1 Å². The summed E-state index contributed by atoms with van der Waals surface area (Å²) in [4.78, 5) is 11.2. The van der Waals surface area contributed by atoms with Gasteiger partial charge in [0.2, 0.25) is 10.0 Å². The molecule has 1 aromatic carbocycles. The highest BCUT2D eigenvalue weighted by Crippen LogP contribution is 2.29. The summed E-state index contributed by atoms with van der Waals surface area (Å²) in [5.74, 6) is -1.12. The Balaban J connectivity index is 2.35. The number of para-hydroxylation sites is 1. The van der Waals surface area contributed by atoms with Crippen molar-refractivity contribution < 1.29 is 18.3 Å². The average molecular weight is 297 g/mol. The van der Waals surface area contributed by atoms with E-state index >= 15 is 0 Å². The number of carbonyl (C=O) groups is 1. The fraction of sp³-hybridized carbons (Fsp3) is 0.500. The highest BCUT2D eigenvalue weighted by Gasteiger charge is 2.32. The SMILES string of the molecule is CN(c1ccccc1C(=O)O)S(=O)(=O)C1CCCCC1. The van der Waals surface area contributed by atoms with Crippen LogP contribution in [-0.2, 0) is 10.0 Å². The van der Waals surface area contributed by atoms with Crippen LogP contribution in [-0.4, -0.2) is 31.8 Å². The Hall–Kier alpha value is -1.56. The van der Waals surface area contributed by atoms with Crippen molar-refractivity contribution in [1.82, 2.24) is 0 Å². The molecule has 5 nitrogen and oxygen atoms in total. The number of rotatable bonds is 4. The number of sulfonamides is 1. The average Bonchev–Trinajstić information content (AvgIpc) is 2.47. The van der Waals surface area contributed by atoms with E-state index in [0.29, 0.717) is 12.8 Å². The summed E-state index contributed by atoms with van der Waals surface area (Å²) < 4.78 is 26.3. The maximum atomic E-state index is 12.6. The Bertz CT molecular complexity index is 591. The normalized spacial score (nSPS) is 16.9. The van der Waals surface area contributed by atoms with E-state index in [0.717, 1.165) is 23.6 Å². The maximum Gasteiger partial charge on any atom is 0.337 e. The van der Waals surface area contributed by atoms with Gasteiger partial charge < -0.3 is 5.11 Å². The molecule has 0 heterocycles. The number of nitrogens with zero attached hydrogens (tertiary/aromatic N) is 1. The Morgan fingerprint density at radius 2 is 1.80 bits per heavy atom. The second kappa shape index (κ2) is 5.83. The molecule has 0 saturated heterocycles. The first kappa shape index (κ1) is 14.8. The van der Waals surface area contributed by atoms with E-state index in [1.165, 1.54) is 19.2 Å². The Labute approximate surface area is 119 Å². The number of anilines is 1. The van der Waals surface area contributed by atoms with Crippen molar-refractivity contribution in [2.45, 2.75) is 37.4 Å². The van der Waals surface area contributed by atoms with Crippen molar-refractivity contribution in [3.8, 4) is 0 Å². The Morgan fingerprint density at radius 3 is 2.40 bits per heavy atom. The molecular formula is C14H19NO4S. The van der Waals surface area contributed by atoms with Gasteiger partial charge in [-0.15, -0.1) is 0 Å². The summed E-state index contributed by atoms with van der Waals surface area (Å²) in [5, 5.41) is 8.77. The summed E-state index contributed by atoms with van der Waals surface area (Å²) in [6.45, 7) is 0. The number of benzene rings is 1. The van der Waals surface area contributed by atoms with Gasteiger partial charge in [-0.3, -0.25) is 4.31 Å². The molecule has 1 fully saturated rings. The van der Waals surface area contributed by atoms with Crippen LogP contribution in [0.4, 0.5) is 5.69 Å². The Kier molecular flexibility index (Phi) is 4.32. The summed E-state index contributed by atoms with van der Waals surface area (Å²) in [6.07, 6.45) is 4.21. The van der Waals surface area contributed by atoms with Crippen LogP contribution in [0.2, 0.25) is 0 Å². The molecule has 0 aliphatic heterocycles. The van der Waals surface area contributed by atoms with Gasteiger partial charge in [0.15, 0.2) is 0 Å². The topological polar surface area (TPSA) is 74.7 Å². The predicted molar refractivity (Wildman–Crippen MR) is 77.6 cm³/mol. The van der Waals surface area contributed by atoms with Crippen LogP contribution in [0.25, 0.3) is 0 Å². The van der Waals surface area contributed by atoms with Gasteiger partial charge in [0, 0.05) is 7.05 Å². The molecule has 6 heteroatoms. The van der Waals surface area contributed by atoms with Crippen molar-refractivity contribution in [2.24, 2.45) is 0 Å². The minimum absolute atomic E-state index is 0.00869. The van der Waals surface area contributed by atoms with E-state index < -0.39 is 21.2 Å². The number of aromatic carboxylic acids is 1. The summed E-state index contributed by atoms with van der Waals surface area (Å²) in [7, 11) is -2.06. The van der Waals surface area contributed by atoms with Gasteiger partial charge >= 0.3 is 5.97 Å². The van der Waals surface area contributed by atoms with Gasteiger partial charge in [-0.1, -0.05) is 31.4 Å². The zero-order valence-corrected chi connectivity index (χ0v) is 12.3.